The van der Waals surface area contributed by atoms with Crippen molar-refractivity contribution in [2.45, 2.75) is 25.9 Å². The van der Waals surface area contributed by atoms with E-state index in [0.29, 0.717) is 18.4 Å². The van der Waals surface area contributed by atoms with E-state index in [1.165, 1.54) is 5.01 Å². The van der Waals surface area contributed by atoms with Crippen molar-refractivity contribution in [3.8, 4) is 0 Å². The Morgan fingerprint density at radius 2 is 1.83 bits per heavy atom. The maximum atomic E-state index is 12.5. The molecule has 1 heterocycles. The Labute approximate surface area is 135 Å². The van der Waals surface area contributed by atoms with Gasteiger partial charge in [-0.15, -0.1) is 0 Å². The number of carbonyl (C=O) groups is 2. The van der Waals surface area contributed by atoms with Gasteiger partial charge in [0.05, 0.1) is 5.56 Å². The molecule has 1 unspecified atom stereocenters. The average molecular weight is 309 g/mol. The van der Waals surface area contributed by atoms with Gasteiger partial charge in [0.25, 0.3) is 5.91 Å². The van der Waals surface area contributed by atoms with E-state index < -0.39 is 0 Å². The predicted molar refractivity (Wildman–Crippen MR) is 88.6 cm³/mol. The molecule has 3 rings (SSSR count). The second kappa shape index (κ2) is 6.52. The van der Waals surface area contributed by atoms with Crippen molar-refractivity contribution in [1.29, 1.82) is 0 Å². The van der Waals surface area contributed by atoms with Crippen molar-refractivity contribution in [2.24, 2.45) is 0 Å². The molecule has 1 aliphatic heterocycles. The molecule has 118 valence electrons. The van der Waals surface area contributed by atoms with Crippen LogP contribution in [0.2, 0.25) is 0 Å². The number of hydrazine groups is 1. The molecule has 2 N–H and O–H groups in total. The van der Waals surface area contributed by atoms with Crippen LogP contribution in [-0.4, -0.2) is 23.0 Å². The third-order valence-corrected chi connectivity index (χ3v) is 3.86. The summed E-state index contributed by atoms with van der Waals surface area (Å²) in [7, 11) is 0. The lowest BCUT2D eigenvalue weighted by Crippen LogP contribution is -2.56. The molecule has 23 heavy (non-hydrogen) atoms. The van der Waals surface area contributed by atoms with Crippen LogP contribution in [0.1, 0.15) is 29.3 Å². The number of hydrogen-bond acceptors (Lipinski definition) is 3. The quantitative estimate of drug-likeness (QED) is 0.912. The van der Waals surface area contributed by atoms with Gasteiger partial charge >= 0.3 is 0 Å². The molecule has 2 amide bonds. The summed E-state index contributed by atoms with van der Waals surface area (Å²) in [6, 6.07) is 17.1. The average Bonchev–Trinajstić information content (AvgIpc) is 2.58. The number of carbonyl (C=O) groups excluding carboxylic acids is 2. The number of nitrogens with zero attached hydrogens (tertiary/aromatic N) is 1. The van der Waals surface area contributed by atoms with Crippen molar-refractivity contribution in [2.75, 3.05) is 5.32 Å². The van der Waals surface area contributed by atoms with E-state index in [-0.39, 0.29) is 18.0 Å². The van der Waals surface area contributed by atoms with Crippen molar-refractivity contribution in [3.63, 3.8) is 0 Å². The highest BCUT2D eigenvalue weighted by atomic mass is 16.2. The van der Waals surface area contributed by atoms with Gasteiger partial charge in [0, 0.05) is 12.1 Å². The van der Waals surface area contributed by atoms with Gasteiger partial charge < -0.3 is 5.32 Å². The summed E-state index contributed by atoms with van der Waals surface area (Å²) in [4.78, 5) is 24.7. The normalized spacial score (nSPS) is 16.5. The van der Waals surface area contributed by atoms with E-state index >= 15 is 0 Å². The zero-order valence-electron chi connectivity index (χ0n) is 13.0. The molecule has 0 aliphatic carbocycles. The monoisotopic (exact) mass is 309 g/mol. The summed E-state index contributed by atoms with van der Waals surface area (Å²) >= 11 is 0. The summed E-state index contributed by atoms with van der Waals surface area (Å²) in [5, 5.41) is 4.57. The van der Waals surface area contributed by atoms with Crippen molar-refractivity contribution in [1.82, 2.24) is 10.4 Å². The number of fused-ring (bicyclic) bond motifs is 1. The van der Waals surface area contributed by atoms with E-state index in [1.807, 2.05) is 55.5 Å². The van der Waals surface area contributed by atoms with E-state index in [4.69, 9.17) is 0 Å². The van der Waals surface area contributed by atoms with Crippen molar-refractivity contribution < 1.29 is 9.59 Å². The third-order valence-electron chi connectivity index (χ3n) is 3.86. The minimum absolute atomic E-state index is 0.171. The Balaban J connectivity index is 1.63. The first-order valence-corrected chi connectivity index (χ1v) is 7.67. The Morgan fingerprint density at radius 3 is 2.61 bits per heavy atom. The molecule has 0 saturated carbocycles. The van der Waals surface area contributed by atoms with Gasteiger partial charge in [-0.3, -0.25) is 15.0 Å². The molecule has 0 fully saturated rings. The van der Waals surface area contributed by atoms with Crippen LogP contribution >= 0.6 is 0 Å². The van der Waals surface area contributed by atoms with Crippen LogP contribution in [-0.2, 0) is 11.2 Å². The molecular weight excluding hydrogens is 290 g/mol. The Kier molecular flexibility index (Phi) is 4.28. The number of nitrogens with one attached hydrogen (secondary N) is 2. The second-order valence-electron chi connectivity index (χ2n) is 5.56. The third kappa shape index (κ3) is 3.34. The smallest absolute Gasteiger partial charge is 0.276 e. The maximum absolute atomic E-state index is 12.5. The molecular formula is C18H19N3O2. The first-order valence-electron chi connectivity index (χ1n) is 7.67. The molecule has 5 heteroatoms. The molecule has 1 aliphatic rings. The van der Waals surface area contributed by atoms with Gasteiger partial charge in [-0.25, -0.2) is 5.01 Å². The van der Waals surface area contributed by atoms with Crippen LogP contribution in [0.4, 0.5) is 5.69 Å². The van der Waals surface area contributed by atoms with E-state index in [9.17, 15) is 9.59 Å². The fourth-order valence-electron chi connectivity index (χ4n) is 2.63. The van der Waals surface area contributed by atoms with Gasteiger partial charge in [-0.1, -0.05) is 42.5 Å². The Morgan fingerprint density at radius 1 is 1.13 bits per heavy atom. The van der Waals surface area contributed by atoms with E-state index in [1.54, 1.807) is 6.07 Å². The number of aryl methyl sites for hydroxylation is 1. The minimum atomic E-state index is -0.293. The Bertz CT molecular complexity index is 715. The van der Waals surface area contributed by atoms with E-state index in [2.05, 4.69) is 10.7 Å². The van der Waals surface area contributed by atoms with Crippen molar-refractivity contribution >= 4 is 17.5 Å². The highest BCUT2D eigenvalue weighted by Crippen LogP contribution is 2.23. The fourth-order valence-corrected chi connectivity index (χ4v) is 2.63. The highest BCUT2D eigenvalue weighted by Gasteiger charge is 2.30. The van der Waals surface area contributed by atoms with Gasteiger partial charge in [0.15, 0.2) is 0 Å². The van der Waals surface area contributed by atoms with Crippen LogP contribution in [0.15, 0.2) is 54.6 Å². The van der Waals surface area contributed by atoms with Crippen LogP contribution in [0.5, 0.6) is 0 Å². The van der Waals surface area contributed by atoms with Crippen LogP contribution in [0.3, 0.4) is 0 Å². The van der Waals surface area contributed by atoms with Crippen LogP contribution in [0, 0.1) is 0 Å². The summed E-state index contributed by atoms with van der Waals surface area (Å²) in [5.41, 5.74) is 5.17. The number of rotatable bonds is 4. The standard InChI is InChI=1S/C18H19N3O2/c1-13-19-16-10-6-5-9-15(16)18(23)21(13)20-17(22)12-11-14-7-3-2-4-8-14/h2-10,13,19H,11-12H2,1H3,(H,20,22). The van der Waals surface area contributed by atoms with E-state index in [0.717, 1.165) is 11.3 Å². The Hall–Kier alpha value is -2.82. The minimum Gasteiger partial charge on any atom is -0.363 e. The first-order chi connectivity index (χ1) is 11.1. The molecule has 2 aromatic carbocycles. The summed E-state index contributed by atoms with van der Waals surface area (Å²) in [5.74, 6) is -0.366. The molecule has 1 atom stereocenters. The topological polar surface area (TPSA) is 61.4 Å². The SMILES string of the molecule is CC1Nc2ccccc2C(=O)N1NC(=O)CCc1ccccc1. The van der Waals surface area contributed by atoms with Gasteiger partial charge in [-0.05, 0) is 31.0 Å². The number of anilines is 1. The number of para-hydroxylation sites is 1. The molecule has 5 nitrogen and oxygen atoms in total. The highest BCUT2D eigenvalue weighted by molar-refractivity contribution is 6.02. The predicted octanol–water partition coefficient (Wildman–Crippen LogP) is 2.56. The number of benzene rings is 2. The lowest BCUT2D eigenvalue weighted by atomic mass is 10.1. The molecule has 0 aromatic heterocycles. The van der Waals surface area contributed by atoms with Gasteiger partial charge in [0.2, 0.25) is 5.91 Å². The first kappa shape index (κ1) is 15.1. The summed E-state index contributed by atoms with van der Waals surface area (Å²) < 4.78 is 0. The zero-order chi connectivity index (χ0) is 16.2. The van der Waals surface area contributed by atoms with Crippen molar-refractivity contribution in [3.05, 3.63) is 65.7 Å². The lowest BCUT2D eigenvalue weighted by molar-refractivity contribution is -0.125. The number of amides is 2. The van der Waals surface area contributed by atoms with Gasteiger partial charge in [-0.2, -0.15) is 0 Å². The molecule has 0 radical (unpaired) electrons. The largest absolute Gasteiger partial charge is 0.363 e. The zero-order valence-corrected chi connectivity index (χ0v) is 13.0. The van der Waals surface area contributed by atoms with Crippen LogP contribution < -0.4 is 10.7 Å². The molecule has 2 aromatic rings. The lowest BCUT2D eigenvalue weighted by Gasteiger charge is -2.35. The molecule has 0 spiro atoms. The second-order valence-corrected chi connectivity index (χ2v) is 5.56. The fraction of sp³-hybridized carbons (Fsp3) is 0.222. The maximum Gasteiger partial charge on any atom is 0.276 e. The molecule has 0 bridgehead atoms. The van der Waals surface area contributed by atoms with Gasteiger partial charge in [0.1, 0.15) is 6.17 Å². The molecule has 0 saturated heterocycles. The van der Waals surface area contributed by atoms with Crippen LogP contribution in [0.25, 0.3) is 0 Å². The number of hydrogen-bond donors (Lipinski definition) is 2. The summed E-state index contributed by atoms with van der Waals surface area (Å²) in [6.07, 6.45) is 0.688. The summed E-state index contributed by atoms with van der Waals surface area (Å²) in [6.45, 7) is 1.84.